The average molecular weight is 722 g/mol. The summed E-state index contributed by atoms with van der Waals surface area (Å²) in [6.45, 7) is -2.29. The highest BCUT2D eigenvalue weighted by Gasteiger charge is 2.29. The molecule has 0 radical (unpaired) electrons. The van der Waals surface area contributed by atoms with E-state index in [1.165, 1.54) is 23.5 Å². The molecule has 0 aliphatic carbocycles. The number of nitrogens with one attached hydrogen (secondary N) is 7. The third-order valence-electron chi connectivity index (χ3n) is 6.02. The summed E-state index contributed by atoms with van der Waals surface area (Å²) in [6, 6.07) is -3.37. The molecule has 0 aromatic rings. The van der Waals surface area contributed by atoms with Crippen molar-refractivity contribution in [3.63, 3.8) is 0 Å². The molecular formula is C26H47N11O9S2. The molecule has 0 aromatic carbocycles. The van der Waals surface area contributed by atoms with E-state index in [4.69, 9.17) is 22.3 Å². The first-order valence-corrected chi connectivity index (χ1v) is 17.5. The van der Waals surface area contributed by atoms with Crippen LogP contribution in [-0.4, -0.2) is 140 Å². The van der Waals surface area contributed by atoms with Gasteiger partial charge in [-0.15, -0.1) is 0 Å². The van der Waals surface area contributed by atoms with E-state index in [9.17, 15) is 38.4 Å². The predicted molar refractivity (Wildman–Crippen MR) is 180 cm³/mol. The van der Waals surface area contributed by atoms with Gasteiger partial charge >= 0.3 is 5.97 Å². The van der Waals surface area contributed by atoms with Gasteiger partial charge in [-0.3, -0.25) is 43.3 Å². The molecule has 0 aromatic heterocycles. The van der Waals surface area contributed by atoms with Gasteiger partial charge in [-0.25, -0.2) is 0 Å². The first-order valence-electron chi connectivity index (χ1n) is 14.7. The summed E-state index contributed by atoms with van der Waals surface area (Å²) in [5.74, 6) is -5.32. The summed E-state index contributed by atoms with van der Waals surface area (Å²) in [6.07, 6.45) is 4.26. The minimum atomic E-state index is -1.26. The number of hydrogen-bond donors (Lipinski definition) is 11. The van der Waals surface area contributed by atoms with Crippen molar-refractivity contribution in [3.8, 4) is 0 Å². The SMILES string of the molecule is CSCCC(NC(=O)CNC(=O)CN)C(=O)NC(CCCN=C(N)N)C(=O)NC(CCSC)C(=O)NCC(=O)NCC(=O)NCC(=O)O. The van der Waals surface area contributed by atoms with E-state index in [2.05, 4.69) is 42.2 Å². The van der Waals surface area contributed by atoms with Crippen molar-refractivity contribution in [1.82, 2.24) is 37.2 Å². The third-order valence-corrected chi connectivity index (χ3v) is 7.31. The van der Waals surface area contributed by atoms with Crippen LogP contribution in [-0.2, 0) is 38.4 Å². The molecule has 0 aliphatic heterocycles. The standard InChI is InChI=1S/C26H47N11O9S2/c1-47-8-5-16(23(44)34-12-20(40)32-11-19(39)33-14-22(42)43)37-24(45)15(4-3-7-30-26(28)29)36-25(46)17(6-9-48-2)35-21(41)13-31-18(38)10-27/h15-17H,3-14,27H2,1-2H3,(H,31,38)(H,32,40)(H,33,39)(H,34,44)(H,35,41)(H,36,46)(H,37,45)(H,42,43)(H4,28,29,30). The van der Waals surface area contributed by atoms with E-state index < -0.39 is 91.6 Å². The van der Waals surface area contributed by atoms with Crippen LogP contribution in [0.5, 0.6) is 0 Å². The number of nitrogens with zero attached hydrogens (tertiary/aromatic N) is 1. The van der Waals surface area contributed by atoms with Crippen LogP contribution in [0.4, 0.5) is 0 Å². The lowest BCUT2D eigenvalue weighted by Crippen LogP contribution is -2.57. The van der Waals surface area contributed by atoms with Crippen LogP contribution in [0.25, 0.3) is 0 Å². The van der Waals surface area contributed by atoms with Crippen LogP contribution in [0.1, 0.15) is 25.7 Å². The average Bonchev–Trinajstić information content (AvgIpc) is 3.04. The minimum absolute atomic E-state index is 0.0489. The fourth-order valence-corrected chi connectivity index (χ4v) is 4.53. The molecule has 0 rings (SSSR count). The van der Waals surface area contributed by atoms with Crippen molar-refractivity contribution in [2.45, 2.75) is 43.8 Å². The zero-order valence-electron chi connectivity index (χ0n) is 26.9. The van der Waals surface area contributed by atoms with Crippen LogP contribution < -0.4 is 54.4 Å². The summed E-state index contributed by atoms with van der Waals surface area (Å²) in [4.78, 5) is 102. The van der Waals surface area contributed by atoms with Gasteiger partial charge in [0.15, 0.2) is 5.96 Å². The van der Waals surface area contributed by atoms with Crippen molar-refractivity contribution in [2.24, 2.45) is 22.2 Å². The molecule has 3 unspecified atom stereocenters. The largest absolute Gasteiger partial charge is 0.480 e. The summed E-state index contributed by atoms with van der Waals surface area (Å²) in [7, 11) is 0. The Morgan fingerprint density at radius 3 is 1.58 bits per heavy atom. The maximum atomic E-state index is 13.5. The molecule has 0 saturated heterocycles. The normalized spacial score (nSPS) is 12.2. The van der Waals surface area contributed by atoms with Gasteiger partial charge < -0.3 is 59.5 Å². The zero-order valence-corrected chi connectivity index (χ0v) is 28.6. The summed E-state index contributed by atoms with van der Waals surface area (Å²) in [5.41, 5.74) is 16.0. The third kappa shape index (κ3) is 21.5. The zero-order chi connectivity index (χ0) is 36.5. The highest BCUT2D eigenvalue weighted by atomic mass is 32.2. The van der Waals surface area contributed by atoms with Crippen molar-refractivity contribution in [1.29, 1.82) is 0 Å². The Labute approximate surface area is 286 Å². The molecular weight excluding hydrogens is 674 g/mol. The Hall–Kier alpha value is -4.31. The van der Waals surface area contributed by atoms with Crippen LogP contribution in [0, 0.1) is 0 Å². The second kappa shape index (κ2) is 25.7. The first-order chi connectivity index (χ1) is 22.7. The lowest BCUT2D eigenvalue weighted by Gasteiger charge is -2.25. The molecule has 0 heterocycles. The molecule has 3 atom stereocenters. The second-order valence-corrected chi connectivity index (χ2v) is 11.9. The highest BCUT2D eigenvalue weighted by molar-refractivity contribution is 7.98. The number of thioether (sulfide) groups is 2. The number of amides is 7. The van der Waals surface area contributed by atoms with E-state index in [-0.39, 0.29) is 44.7 Å². The predicted octanol–water partition coefficient (Wildman–Crippen LogP) is -5.49. The first kappa shape index (κ1) is 43.7. The van der Waals surface area contributed by atoms with E-state index in [0.717, 1.165) is 0 Å². The Kier molecular flexibility index (Phi) is 23.4. The van der Waals surface area contributed by atoms with E-state index >= 15 is 0 Å². The van der Waals surface area contributed by atoms with Gasteiger partial charge in [0.05, 0.1) is 26.2 Å². The lowest BCUT2D eigenvalue weighted by molar-refractivity contribution is -0.138. The lowest BCUT2D eigenvalue weighted by atomic mass is 10.1. The Morgan fingerprint density at radius 2 is 1.08 bits per heavy atom. The number of carbonyl (C=O) groups is 8. The highest BCUT2D eigenvalue weighted by Crippen LogP contribution is 2.07. The van der Waals surface area contributed by atoms with Crippen molar-refractivity contribution in [3.05, 3.63) is 0 Å². The Bertz CT molecular complexity index is 1140. The van der Waals surface area contributed by atoms with E-state index in [1.807, 2.05) is 0 Å². The van der Waals surface area contributed by atoms with Gasteiger partial charge in [-0.1, -0.05) is 0 Å². The van der Waals surface area contributed by atoms with Gasteiger partial charge in [0, 0.05) is 6.54 Å². The summed E-state index contributed by atoms with van der Waals surface area (Å²) >= 11 is 2.82. The fourth-order valence-electron chi connectivity index (χ4n) is 3.59. The Balaban J connectivity index is 5.64. The van der Waals surface area contributed by atoms with Gasteiger partial charge in [0.1, 0.15) is 24.7 Å². The maximum Gasteiger partial charge on any atom is 0.322 e. The molecule has 48 heavy (non-hydrogen) atoms. The number of carboxylic acids is 1. The summed E-state index contributed by atoms with van der Waals surface area (Å²) < 4.78 is 0. The monoisotopic (exact) mass is 721 g/mol. The molecule has 0 spiro atoms. The maximum absolute atomic E-state index is 13.5. The number of carboxylic acid groups (broad SMARTS) is 1. The van der Waals surface area contributed by atoms with Crippen molar-refractivity contribution < 1.29 is 43.5 Å². The molecule has 0 aliphatic rings. The van der Waals surface area contributed by atoms with Crippen LogP contribution in [0.15, 0.2) is 4.99 Å². The van der Waals surface area contributed by atoms with Crippen LogP contribution in [0.3, 0.4) is 0 Å². The Morgan fingerprint density at radius 1 is 0.625 bits per heavy atom. The number of guanidine groups is 1. The van der Waals surface area contributed by atoms with Gasteiger partial charge in [0.25, 0.3) is 0 Å². The second-order valence-electron chi connectivity index (χ2n) is 9.90. The number of rotatable bonds is 25. The molecule has 272 valence electrons. The van der Waals surface area contributed by atoms with Crippen LogP contribution in [0.2, 0.25) is 0 Å². The molecule has 0 fully saturated rings. The van der Waals surface area contributed by atoms with E-state index in [1.54, 1.807) is 12.5 Å². The fraction of sp³-hybridized carbons (Fsp3) is 0.654. The molecule has 0 bridgehead atoms. The molecule has 22 heteroatoms. The molecule has 0 saturated carbocycles. The topological polar surface area (TPSA) is 331 Å². The number of carbonyl (C=O) groups excluding carboxylic acids is 7. The quantitative estimate of drug-likeness (QED) is 0.0238. The molecule has 14 N–H and O–H groups in total. The van der Waals surface area contributed by atoms with Gasteiger partial charge in [-0.2, -0.15) is 23.5 Å². The van der Waals surface area contributed by atoms with Gasteiger partial charge in [-0.05, 0) is 49.7 Å². The van der Waals surface area contributed by atoms with Crippen LogP contribution >= 0.6 is 23.5 Å². The number of hydrogen-bond acceptors (Lipinski definition) is 12. The minimum Gasteiger partial charge on any atom is -0.480 e. The number of aliphatic imine (C=N–C) groups is 1. The van der Waals surface area contributed by atoms with E-state index in [0.29, 0.717) is 11.5 Å². The number of aliphatic carboxylic acids is 1. The van der Waals surface area contributed by atoms with Crippen molar-refractivity contribution >= 4 is 76.8 Å². The molecule has 7 amide bonds. The van der Waals surface area contributed by atoms with Gasteiger partial charge in [0.2, 0.25) is 41.4 Å². The van der Waals surface area contributed by atoms with Crippen molar-refractivity contribution in [2.75, 3.05) is 63.3 Å². The number of nitrogens with two attached hydrogens (primary N) is 3. The molecule has 20 nitrogen and oxygen atoms in total. The summed E-state index contributed by atoms with van der Waals surface area (Å²) in [5, 5.41) is 25.3. The smallest absolute Gasteiger partial charge is 0.322 e.